The van der Waals surface area contributed by atoms with E-state index in [2.05, 4.69) is 14.9 Å². The lowest BCUT2D eigenvalue weighted by Crippen LogP contribution is -2.46. The second-order valence-electron chi connectivity index (χ2n) is 5.66. The molecular weight excluding hydrogens is 224 g/mol. The molecule has 0 radical (unpaired) electrons. The second-order valence-corrected chi connectivity index (χ2v) is 5.66. The minimum absolute atomic E-state index is 0.507. The number of likely N-dealkylation sites (tertiary alicyclic amines) is 1. The van der Waals surface area contributed by atoms with Crippen LogP contribution in [0.4, 0.5) is 5.82 Å². The Kier molecular flexibility index (Phi) is 3.46. The maximum absolute atomic E-state index is 5.58. The highest BCUT2D eigenvalue weighted by Crippen LogP contribution is 2.35. The molecule has 1 aromatic rings. The summed E-state index contributed by atoms with van der Waals surface area (Å²) in [4.78, 5) is 11.1. The largest absolute Gasteiger partial charge is 0.382 e. The first-order valence-corrected chi connectivity index (χ1v) is 7.13. The third-order valence-electron chi connectivity index (χ3n) is 4.45. The van der Waals surface area contributed by atoms with Crippen LogP contribution in [0.2, 0.25) is 0 Å². The minimum atomic E-state index is 0.507. The third kappa shape index (κ3) is 2.48. The van der Waals surface area contributed by atoms with Gasteiger partial charge in [0.25, 0.3) is 0 Å². The van der Waals surface area contributed by atoms with E-state index in [4.69, 9.17) is 5.73 Å². The molecule has 2 N–H and O–H groups in total. The number of rotatable bonds is 2. The van der Waals surface area contributed by atoms with Crippen molar-refractivity contribution in [1.82, 2.24) is 14.9 Å². The summed E-state index contributed by atoms with van der Waals surface area (Å²) in [7, 11) is 0. The number of nitrogens with two attached hydrogens (primary N) is 1. The molecule has 98 valence electrons. The van der Waals surface area contributed by atoms with Crippen molar-refractivity contribution in [2.75, 3.05) is 12.3 Å². The summed E-state index contributed by atoms with van der Waals surface area (Å²) in [6.07, 6.45) is 11.9. The Balaban J connectivity index is 1.69. The van der Waals surface area contributed by atoms with Crippen LogP contribution >= 0.6 is 0 Å². The van der Waals surface area contributed by atoms with Gasteiger partial charge < -0.3 is 5.73 Å². The Morgan fingerprint density at radius 2 is 1.94 bits per heavy atom. The van der Waals surface area contributed by atoms with Crippen LogP contribution < -0.4 is 5.73 Å². The summed E-state index contributed by atoms with van der Waals surface area (Å²) in [6, 6.07) is 0.784. The fourth-order valence-electron chi connectivity index (χ4n) is 3.58. The molecule has 4 nitrogen and oxygen atoms in total. The molecule has 2 atom stereocenters. The first-order chi connectivity index (χ1) is 8.83. The molecule has 1 aromatic heterocycles. The zero-order valence-electron chi connectivity index (χ0n) is 10.9. The Hall–Kier alpha value is -1.16. The molecule has 3 rings (SSSR count). The first kappa shape index (κ1) is 11.9. The lowest BCUT2D eigenvalue weighted by molar-refractivity contribution is 0.0536. The number of hydrogen-bond acceptors (Lipinski definition) is 4. The predicted octanol–water partition coefficient (Wildman–Crippen LogP) is 2.21. The Labute approximate surface area is 109 Å². The molecule has 1 aliphatic heterocycles. The standard InChI is InChI=1S/C14H22N4/c15-14-9-16-12(8-17-14)10-18-7-3-5-11-4-1-2-6-13(11)18/h8-9,11,13H,1-7,10H2,(H2,15,17). The van der Waals surface area contributed by atoms with Crippen molar-refractivity contribution in [1.29, 1.82) is 0 Å². The Morgan fingerprint density at radius 3 is 2.78 bits per heavy atom. The van der Waals surface area contributed by atoms with E-state index in [-0.39, 0.29) is 0 Å². The molecule has 0 spiro atoms. The maximum Gasteiger partial charge on any atom is 0.141 e. The minimum Gasteiger partial charge on any atom is -0.382 e. The molecular formula is C14H22N4. The van der Waals surface area contributed by atoms with Gasteiger partial charge in [0.1, 0.15) is 5.82 Å². The van der Waals surface area contributed by atoms with Crippen molar-refractivity contribution >= 4 is 5.82 Å². The van der Waals surface area contributed by atoms with Crippen LogP contribution in [0.25, 0.3) is 0 Å². The normalized spacial score (nSPS) is 28.9. The van der Waals surface area contributed by atoms with Crippen LogP contribution in [0.5, 0.6) is 0 Å². The van der Waals surface area contributed by atoms with Gasteiger partial charge in [-0.15, -0.1) is 0 Å². The molecule has 0 aromatic carbocycles. The van der Waals surface area contributed by atoms with E-state index in [0.29, 0.717) is 5.82 Å². The summed E-state index contributed by atoms with van der Waals surface area (Å²) in [5, 5.41) is 0. The number of nitrogen functional groups attached to an aromatic ring is 1. The summed E-state index contributed by atoms with van der Waals surface area (Å²) in [5.41, 5.74) is 6.63. The van der Waals surface area contributed by atoms with Crippen molar-refractivity contribution in [3.8, 4) is 0 Å². The van der Waals surface area contributed by atoms with Crippen molar-refractivity contribution in [2.24, 2.45) is 5.92 Å². The van der Waals surface area contributed by atoms with Crippen molar-refractivity contribution < 1.29 is 0 Å². The van der Waals surface area contributed by atoms with E-state index in [1.807, 2.05) is 6.20 Å². The van der Waals surface area contributed by atoms with Crippen molar-refractivity contribution in [3.05, 3.63) is 18.1 Å². The van der Waals surface area contributed by atoms with Gasteiger partial charge in [0.15, 0.2) is 0 Å². The predicted molar refractivity (Wildman–Crippen MR) is 71.8 cm³/mol. The fraction of sp³-hybridized carbons (Fsp3) is 0.714. The van der Waals surface area contributed by atoms with E-state index in [1.165, 1.54) is 45.1 Å². The summed E-state index contributed by atoms with van der Waals surface area (Å²) in [6.45, 7) is 2.15. The summed E-state index contributed by atoms with van der Waals surface area (Å²) < 4.78 is 0. The monoisotopic (exact) mass is 246 g/mol. The van der Waals surface area contributed by atoms with Gasteiger partial charge in [-0.3, -0.25) is 9.88 Å². The zero-order chi connectivity index (χ0) is 12.4. The van der Waals surface area contributed by atoms with Crippen LogP contribution in [0.15, 0.2) is 12.4 Å². The topological polar surface area (TPSA) is 55.0 Å². The van der Waals surface area contributed by atoms with Gasteiger partial charge in [0.2, 0.25) is 0 Å². The zero-order valence-corrected chi connectivity index (χ0v) is 10.9. The number of fused-ring (bicyclic) bond motifs is 1. The van der Waals surface area contributed by atoms with E-state index in [1.54, 1.807) is 6.20 Å². The average molecular weight is 246 g/mol. The van der Waals surface area contributed by atoms with Crippen LogP contribution in [0.3, 0.4) is 0 Å². The van der Waals surface area contributed by atoms with E-state index >= 15 is 0 Å². The molecule has 4 heteroatoms. The molecule has 0 bridgehead atoms. The van der Waals surface area contributed by atoms with E-state index < -0.39 is 0 Å². The van der Waals surface area contributed by atoms with Crippen LogP contribution in [0, 0.1) is 5.92 Å². The molecule has 2 fully saturated rings. The third-order valence-corrected chi connectivity index (χ3v) is 4.45. The number of anilines is 1. The highest BCUT2D eigenvalue weighted by Gasteiger charge is 2.33. The lowest BCUT2D eigenvalue weighted by atomic mass is 9.78. The lowest BCUT2D eigenvalue weighted by Gasteiger charge is -2.44. The molecule has 1 saturated carbocycles. The van der Waals surface area contributed by atoms with Crippen LogP contribution in [0.1, 0.15) is 44.2 Å². The van der Waals surface area contributed by atoms with Gasteiger partial charge in [-0.25, -0.2) is 4.98 Å². The van der Waals surface area contributed by atoms with Gasteiger partial charge in [-0.2, -0.15) is 0 Å². The Bertz CT molecular complexity index is 387. The number of hydrogen-bond donors (Lipinski definition) is 1. The van der Waals surface area contributed by atoms with E-state index in [9.17, 15) is 0 Å². The highest BCUT2D eigenvalue weighted by molar-refractivity contribution is 5.22. The SMILES string of the molecule is Nc1cnc(CN2CCCC3CCCCC32)cn1. The summed E-state index contributed by atoms with van der Waals surface area (Å²) >= 11 is 0. The number of piperidine rings is 1. The molecule has 2 aliphatic rings. The Morgan fingerprint density at radius 1 is 1.11 bits per heavy atom. The number of nitrogens with zero attached hydrogens (tertiary/aromatic N) is 3. The van der Waals surface area contributed by atoms with Crippen molar-refractivity contribution in [2.45, 2.75) is 51.1 Å². The molecule has 18 heavy (non-hydrogen) atoms. The molecule has 2 heterocycles. The van der Waals surface area contributed by atoms with E-state index in [0.717, 1.165) is 24.2 Å². The molecule has 0 amide bonds. The quantitative estimate of drug-likeness (QED) is 0.869. The molecule has 2 unspecified atom stereocenters. The second kappa shape index (κ2) is 5.22. The van der Waals surface area contributed by atoms with Gasteiger partial charge >= 0.3 is 0 Å². The summed E-state index contributed by atoms with van der Waals surface area (Å²) in [5.74, 6) is 1.43. The average Bonchev–Trinajstić information content (AvgIpc) is 2.42. The smallest absolute Gasteiger partial charge is 0.141 e. The number of aromatic nitrogens is 2. The highest BCUT2D eigenvalue weighted by atomic mass is 15.2. The van der Waals surface area contributed by atoms with Gasteiger partial charge in [-0.1, -0.05) is 12.8 Å². The molecule has 1 aliphatic carbocycles. The maximum atomic E-state index is 5.58. The van der Waals surface area contributed by atoms with Crippen LogP contribution in [-0.2, 0) is 6.54 Å². The first-order valence-electron chi connectivity index (χ1n) is 7.13. The van der Waals surface area contributed by atoms with Crippen molar-refractivity contribution in [3.63, 3.8) is 0 Å². The van der Waals surface area contributed by atoms with Gasteiger partial charge in [0, 0.05) is 12.6 Å². The molecule has 1 saturated heterocycles. The van der Waals surface area contributed by atoms with Crippen LogP contribution in [-0.4, -0.2) is 27.5 Å². The fourth-order valence-corrected chi connectivity index (χ4v) is 3.58. The van der Waals surface area contributed by atoms with Gasteiger partial charge in [-0.05, 0) is 38.1 Å². The van der Waals surface area contributed by atoms with Gasteiger partial charge in [0.05, 0.1) is 18.1 Å².